The summed E-state index contributed by atoms with van der Waals surface area (Å²) in [4.78, 5) is 14.5. The number of rotatable bonds is 6. The van der Waals surface area contributed by atoms with E-state index in [2.05, 4.69) is 0 Å². The molecule has 1 amide bonds. The van der Waals surface area contributed by atoms with Crippen LogP contribution in [0, 0.1) is 13.8 Å². The van der Waals surface area contributed by atoms with Crippen molar-refractivity contribution >= 4 is 11.6 Å². The lowest BCUT2D eigenvalue weighted by molar-refractivity contribution is -0.122. The van der Waals surface area contributed by atoms with Crippen LogP contribution >= 0.6 is 0 Å². The van der Waals surface area contributed by atoms with E-state index in [0.717, 1.165) is 16.8 Å². The van der Waals surface area contributed by atoms with Crippen LogP contribution in [0.4, 0.5) is 5.69 Å². The van der Waals surface area contributed by atoms with E-state index in [-0.39, 0.29) is 12.5 Å². The topological polar surface area (TPSA) is 59.0 Å². The number of hydrogen-bond donors (Lipinski definition) is 1. The highest BCUT2D eigenvalue weighted by atomic mass is 16.5. The average molecular weight is 369 g/mol. The summed E-state index contributed by atoms with van der Waals surface area (Å²) in [6, 6.07) is 13.4. The van der Waals surface area contributed by atoms with Gasteiger partial charge in [0.25, 0.3) is 5.91 Å². The maximum atomic E-state index is 12.8. The van der Waals surface area contributed by atoms with Crippen molar-refractivity contribution < 1.29 is 19.4 Å². The largest absolute Gasteiger partial charge is 0.490 e. The third-order valence-corrected chi connectivity index (χ3v) is 4.51. The first-order chi connectivity index (χ1) is 12.7. The third-order valence-electron chi connectivity index (χ3n) is 4.51. The summed E-state index contributed by atoms with van der Waals surface area (Å²) in [5.41, 5.74) is 2.02. The normalized spacial score (nSPS) is 17.3. The average Bonchev–Trinajstić information content (AvgIpc) is 2.96. The Labute approximate surface area is 160 Å². The van der Waals surface area contributed by atoms with Gasteiger partial charge >= 0.3 is 0 Å². The molecule has 0 saturated carbocycles. The standard InChI is InChI=1S/C22H27NO4/c1-15-5-8-18(9-6-15)27-20-11-12-23(21(20)24)17-7-10-19(16(2)13-17)26-14-22(3,4)25/h5-10,13,20,25H,11-12,14H2,1-4H3. The van der Waals surface area contributed by atoms with Gasteiger partial charge in [0.15, 0.2) is 6.10 Å². The fraction of sp³-hybridized carbons (Fsp3) is 0.409. The number of hydrogen-bond acceptors (Lipinski definition) is 4. The predicted octanol–water partition coefficient (Wildman–Crippen LogP) is 3.64. The second kappa shape index (κ2) is 7.61. The van der Waals surface area contributed by atoms with E-state index in [9.17, 15) is 9.90 Å². The van der Waals surface area contributed by atoms with Crippen molar-refractivity contribution in [2.75, 3.05) is 18.1 Å². The van der Waals surface area contributed by atoms with E-state index in [1.165, 1.54) is 0 Å². The zero-order chi connectivity index (χ0) is 19.6. The van der Waals surface area contributed by atoms with Crippen LogP contribution in [-0.4, -0.2) is 35.9 Å². The number of amides is 1. The Morgan fingerprint density at radius 3 is 2.48 bits per heavy atom. The Morgan fingerprint density at radius 1 is 1.15 bits per heavy atom. The Bertz CT molecular complexity index is 808. The van der Waals surface area contributed by atoms with Crippen LogP contribution in [0.15, 0.2) is 42.5 Å². The summed E-state index contributed by atoms with van der Waals surface area (Å²) in [5, 5.41) is 9.81. The fourth-order valence-electron chi connectivity index (χ4n) is 3.02. The maximum absolute atomic E-state index is 12.8. The number of ether oxygens (including phenoxy) is 2. The predicted molar refractivity (Wildman–Crippen MR) is 106 cm³/mol. The molecule has 2 aromatic rings. The number of aliphatic hydroxyl groups is 1. The number of benzene rings is 2. The smallest absolute Gasteiger partial charge is 0.268 e. The number of carbonyl (C=O) groups excluding carboxylic acids is 1. The molecule has 1 N–H and O–H groups in total. The summed E-state index contributed by atoms with van der Waals surface area (Å²) in [5.74, 6) is 1.40. The summed E-state index contributed by atoms with van der Waals surface area (Å²) < 4.78 is 11.6. The number of carbonyl (C=O) groups is 1. The molecule has 1 aliphatic rings. The van der Waals surface area contributed by atoms with Gasteiger partial charge in [-0.3, -0.25) is 4.79 Å². The van der Waals surface area contributed by atoms with Gasteiger partial charge in [-0.05, 0) is 63.6 Å². The highest BCUT2D eigenvalue weighted by Crippen LogP contribution is 2.29. The highest BCUT2D eigenvalue weighted by Gasteiger charge is 2.34. The molecule has 0 spiro atoms. The van der Waals surface area contributed by atoms with Crippen LogP contribution in [0.2, 0.25) is 0 Å². The fourth-order valence-corrected chi connectivity index (χ4v) is 3.02. The second-order valence-electron chi connectivity index (χ2n) is 7.75. The minimum atomic E-state index is -0.892. The van der Waals surface area contributed by atoms with E-state index in [1.807, 2.05) is 56.3 Å². The lowest BCUT2D eigenvalue weighted by Gasteiger charge is -2.21. The van der Waals surface area contributed by atoms with Gasteiger partial charge in [-0.15, -0.1) is 0 Å². The van der Waals surface area contributed by atoms with Crippen LogP contribution in [0.3, 0.4) is 0 Å². The van der Waals surface area contributed by atoms with Gasteiger partial charge in [0.2, 0.25) is 0 Å². The minimum absolute atomic E-state index is 0.0277. The first-order valence-electron chi connectivity index (χ1n) is 9.23. The quantitative estimate of drug-likeness (QED) is 0.845. The molecule has 5 heteroatoms. The maximum Gasteiger partial charge on any atom is 0.268 e. The molecule has 1 atom stereocenters. The Hall–Kier alpha value is -2.53. The van der Waals surface area contributed by atoms with Crippen LogP contribution in [0.5, 0.6) is 11.5 Å². The van der Waals surface area contributed by atoms with Gasteiger partial charge < -0.3 is 19.5 Å². The molecule has 1 unspecified atom stereocenters. The van der Waals surface area contributed by atoms with Crippen molar-refractivity contribution in [3.8, 4) is 11.5 Å². The van der Waals surface area contributed by atoms with Crippen molar-refractivity contribution in [2.45, 2.75) is 45.8 Å². The summed E-state index contributed by atoms with van der Waals surface area (Å²) in [6.45, 7) is 8.19. The summed E-state index contributed by atoms with van der Waals surface area (Å²) in [6.07, 6.45) is 0.196. The van der Waals surface area contributed by atoms with Gasteiger partial charge in [-0.1, -0.05) is 17.7 Å². The third kappa shape index (κ3) is 4.80. The van der Waals surface area contributed by atoms with Crippen LogP contribution < -0.4 is 14.4 Å². The Kier molecular flexibility index (Phi) is 5.42. The zero-order valence-corrected chi connectivity index (χ0v) is 16.4. The van der Waals surface area contributed by atoms with Crippen LogP contribution in [-0.2, 0) is 4.79 Å². The number of nitrogens with zero attached hydrogens (tertiary/aromatic N) is 1. The van der Waals surface area contributed by atoms with Gasteiger partial charge in [0.1, 0.15) is 18.1 Å². The van der Waals surface area contributed by atoms with Crippen molar-refractivity contribution in [1.29, 1.82) is 0 Å². The minimum Gasteiger partial charge on any atom is -0.490 e. The van der Waals surface area contributed by atoms with Crippen LogP contribution in [0.25, 0.3) is 0 Å². The summed E-state index contributed by atoms with van der Waals surface area (Å²) >= 11 is 0. The SMILES string of the molecule is Cc1ccc(OC2CCN(c3ccc(OCC(C)(C)O)c(C)c3)C2=O)cc1. The molecule has 0 aromatic heterocycles. The molecule has 144 valence electrons. The first kappa shape index (κ1) is 19.2. The Balaban J connectivity index is 1.67. The van der Waals surface area contributed by atoms with Crippen molar-refractivity contribution in [2.24, 2.45) is 0 Å². The second-order valence-corrected chi connectivity index (χ2v) is 7.75. The molecule has 1 saturated heterocycles. The van der Waals surface area contributed by atoms with Gasteiger partial charge in [0, 0.05) is 18.7 Å². The molecule has 27 heavy (non-hydrogen) atoms. The van der Waals surface area contributed by atoms with Crippen molar-refractivity contribution in [3.05, 3.63) is 53.6 Å². The van der Waals surface area contributed by atoms with Crippen LogP contribution in [0.1, 0.15) is 31.4 Å². The van der Waals surface area contributed by atoms with Gasteiger partial charge in [0.05, 0.1) is 5.60 Å². The van der Waals surface area contributed by atoms with Gasteiger partial charge in [-0.25, -0.2) is 0 Å². The van der Waals surface area contributed by atoms with E-state index >= 15 is 0 Å². The van der Waals surface area contributed by atoms with E-state index in [4.69, 9.17) is 9.47 Å². The number of aryl methyl sites for hydroxylation is 2. The van der Waals surface area contributed by atoms with E-state index in [1.54, 1.807) is 18.7 Å². The van der Waals surface area contributed by atoms with Crippen molar-refractivity contribution in [1.82, 2.24) is 0 Å². The molecule has 2 aromatic carbocycles. The molecule has 0 aliphatic carbocycles. The lowest BCUT2D eigenvalue weighted by atomic mass is 10.1. The molecule has 0 bridgehead atoms. The van der Waals surface area contributed by atoms with Gasteiger partial charge in [-0.2, -0.15) is 0 Å². The first-order valence-corrected chi connectivity index (χ1v) is 9.23. The molecule has 1 heterocycles. The molecular weight excluding hydrogens is 342 g/mol. The zero-order valence-electron chi connectivity index (χ0n) is 16.4. The molecule has 1 aliphatic heterocycles. The Morgan fingerprint density at radius 2 is 1.85 bits per heavy atom. The highest BCUT2D eigenvalue weighted by molar-refractivity contribution is 5.99. The van der Waals surface area contributed by atoms with Crippen molar-refractivity contribution in [3.63, 3.8) is 0 Å². The molecular formula is C22H27NO4. The molecule has 0 radical (unpaired) electrons. The number of anilines is 1. The van der Waals surface area contributed by atoms with E-state index in [0.29, 0.717) is 24.5 Å². The lowest BCUT2D eigenvalue weighted by Crippen LogP contribution is -2.32. The molecule has 5 nitrogen and oxygen atoms in total. The summed E-state index contributed by atoms with van der Waals surface area (Å²) in [7, 11) is 0. The monoisotopic (exact) mass is 369 g/mol. The van der Waals surface area contributed by atoms with E-state index < -0.39 is 11.7 Å². The molecule has 1 fully saturated rings. The molecule has 3 rings (SSSR count).